The van der Waals surface area contributed by atoms with Crippen molar-refractivity contribution in [2.24, 2.45) is 33.8 Å². The average Bonchev–Trinajstić information content (AvgIpc) is 2.74. The molecule has 0 fully saturated rings. The molecule has 4 atom stereocenters. The molecule has 0 spiro atoms. The summed E-state index contributed by atoms with van der Waals surface area (Å²) in [6.07, 6.45) is 0.761. The van der Waals surface area contributed by atoms with Crippen LogP contribution in [0.1, 0.15) is 46.0 Å². The summed E-state index contributed by atoms with van der Waals surface area (Å²) in [6.45, 7) is 3.36. The molecule has 0 aromatic rings. The van der Waals surface area contributed by atoms with Gasteiger partial charge in [-0.05, 0) is 25.2 Å². The first-order valence-corrected chi connectivity index (χ1v) is 10.6. The van der Waals surface area contributed by atoms with Gasteiger partial charge in [-0.2, -0.15) is 0 Å². The molecule has 4 unspecified atom stereocenters. The van der Waals surface area contributed by atoms with Gasteiger partial charge in [0.25, 0.3) is 0 Å². The zero-order chi connectivity index (χ0) is 25.6. The van der Waals surface area contributed by atoms with E-state index in [0.29, 0.717) is 12.8 Å². The molecular weight excluding hydrogens is 436 g/mol. The van der Waals surface area contributed by atoms with E-state index >= 15 is 0 Å². The first kappa shape index (κ1) is 29.6. The molecule has 0 saturated heterocycles. The first-order chi connectivity index (χ1) is 15.4. The maximum absolute atomic E-state index is 12.6. The maximum Gasteiger partial charge on any atom is 0.326 e. The lowest BCUT2D eigenvalue weighted by atomic mass is 9.98. The van der Waals surface area contributed by atoms with E-state index in [-0.39, 0.29) is 37.7 Å². The molecule has 4 amide bonds. The lowest BCUT2D eigenvalue weighted by Gasteiger charge is -2.23. The van der Waals surface area contributed by atoms with Gasteiger partial charge in [0.15, 0.2) is 5.96 Å². The monoisotopic (exact) mass is 472 g/mol. The Morgan fingerprint density at radius 3 is 2.12 bits per heavy atom. The quantitative estimate of drug-likeness (QED) is 0.0639. The number of nitrogens with zero attached hydrogens (tertiary/aromatic N) is 1. The van der Waals surface area contributed by atoms with Crippen molar-refractivity contribution in [1.29, 1.82) is 0 Å². The van der Waals surface area contributed by atoms with Crippen molar-refractivity contribution in [3.63, 3.8) is 0 Å². The van der Waals surface area contributed by atoms with Crippen molar-refractivity contribution in [3.05, 3.63) is 0 Å². The number of nitrogens with two attached hydrogens (primary N) is 4. The van der Waals surface area contributed by atoms with Gasteiger partial charge in [0.2, 0.25) is 23.6 Å². The molecule has 33 heavy (non-hydrogen) atoms. The molecule has 0 saturated carbocycles. The summed E-state index contributed by atoms with van der Waals surface area (Å²) in [4.78, 5) is 62.9. The Kier molecular flexibility index (Phi) is 13.8. The van der Waals surface area contributed by atoms with Crippen LogP contribution in [0.3, 0.4) is 0 Å². The number of carboxylic acid groups (broad SMARTS) is 1. The van der Waals surface area contributed by atoms with Crippen LogP contribution in [0.15, 0.2) is 4.99 Å². The fourth-order valence-electron chi connectivity index (χ4n) is 2.63. The molecule has 0 aromatic heterocycles. The molecule has 0 aliphatic heterocycles. The van der Waals surface area contributed by atoms with Gasteiger partial charge in [0, 0.05) is 13.0 Å². The van der Waals surface area contributed by atoms with E-state index in [1.165, 1.54) is 0 Å². The van der Waals surface area contributed by atoms with E-state index in [4.69, 9.17) is 28.0 Å². The van der Waals surface area contributed by atoms with E-state index in [9.17, 15) is 24.0 Å². The van der Waals surface area contributed by atoms with Crippen LogP contribution in [0.5, 0.6) is 0 Å². The zero-order valence-electron chi connectivity index (χ0n) is 19.0. The number of primary amides is 1. The molecule has 0 aliphatic carbocycles. The Hall–Kier alpha value is -3.42. The Balaban J connectivity index is 5.02. The van der Waals surface area contributed by atoms with Crippen LogP contribution < -0.4 is 38.9 Å². The van der Waals surface area contributed by atoms with Crippen LogP contribution >= 0.6 is 0 Å². The van der Waals surface area contributed by atoms with Crippen LogP contribution in [0, 0.1) is 5.92 Å². The van der Waals surface area contributed by atoms with Gasteiger partial charge in [-0.25, -0.2) is 4.79 Å². The van der Waals surface area contributed by atoms with E-state index in [0.717, 1.165) is 0 Å². The van der Waals surface area contributed by atoms with Gasteiger partial charge in [-0.3, -0.25) is 24.2 Å². The van der Waals surface area contributed by atoms with Gasteiger partial charge in [-0.15, -0.1) is 0 Å². The minimum absolute atomic E-state index is 0.111. The van der Waals surface area contributed by atoms with Crippen molar-refractivity contribution in [3.8, 4) is 0 Å². The van der Waals surface area contributed by atoms with Crippen LogP contribution in [-0.4, -0.2) is 71.9 Å². The lowest BCUT2D eigenvalue weighted by Crippen LogP contribution is -2.54. The lowest BCUT2D eigenvalue weighted by molar-refractivity contribution is -0.142. The largest absolute Gasteiger partial charge is 0.480 e. The number of carbonyl (C=O) groups excluding carboxylic acids is 4. The van der Waals surface area contributed by atoms with Crippen molar-refractivity contribution >= 4 is 35.6 Å². The molecule has 0 rings (SSSR count). The SMILES string of the molecule is CCC(C)C(N)C(=O)NC(CCCN=C(N)N)C(=O)NCC(=O)NC(CCC(N)=O)C(=O)O. The number of aliphatic imine (C=N–C) groups is 1. The number of hydrogen-bond donors (Lipinski definition) is 8. The molecule has 188 valence electrons. The summed E-state index contributed by atoms with van der Waals surface area (Å²) >= 11 is 0. The van der Waals surface area contributed by atoms with Crippen LogP contribution in [-0.2, 0) is 24.0 Å². The van der Waals surface area contributed by atoms with Gasteiger partial charge < -0.3 is 44.0 Å². The van der Waals surface area contributed by atoms with E-state index in [1.54, 1.807) is 6.92 Å². The number of aliphatic carboxylic acids is 1. The predicted molar refractivity (Wildman–Crippen MR) is 120 cm³/mol. The molecule has 0 bridgehead atoms. The van der Waals surface area contributed by atoms with Gasteiger partial charge in [0.05, 0.1) is 12.6 Å². The third kappa shape index (κ3) is 12.9. The van der Waals surface area contributed by atoms with Crippen molar-refractivity contribution < 1.29 is 29.1 Å². The normalized spacial score (nSPS) is 14.2. The standard InChI is InChI=1S/C19H36N8O6/c1-3-10(2)15(21)17(31)27-11(5-4-8-24-19(22)23)16(30)25-9-14(29)26-12(18(32)33)6-7-13(20)28/h10-12,15H,3-9,21H2,1-2H3,(H2,20,28)(H,25,30)(H,26,29)(H,27,31)(H,32,33)(H4,22,23,24). The Morgan fingerprint density at radius 2 is 1.61 bits per heavy atom. The minimum atomic E-state index is -1.35. The van der Waals surface area contributed by atoms with Crippen molar-refractivity contribution in [2.75, 3.05) is 13.1 Å². The summed E-state index contributed by atoms with van der Waals surface area (Å²) < 4.78 is 0. The summed E-state index contributed by atoms with van der Waals surface area (Å²) in [6, 6.07) is -3.18. The van der Waals surface area contributed by atoms with Crippen LogP contribution in [0.4, 0.5) is 0 Å². The highest BCUT2D eigenvalue weighted by molar-refractivity contribution is 5.92. The smallest absolute Gasteiger partial charge is 0.326 e. The highest BCUT2D eigenvalue weighted by atomic mass is 16.4. The first-order valence-electron chi connectivity index (χ1n) is 10.6. The predicted octanol–water partition coefficient (Wildman–Crippen LogP) is -3.15. The number of rotatable bonds is 16. The Labute approximate surface area is 192 Å². The van der Waals surface area contributed by atoms with Crippen molar-refractivity contribution in [1.82, 2.24) is 16.0 Å². The van der Waals surface area contributed by atoms with Crippen LogP contribution in [0.25, 0.3) is 0 Å². The number of nitrogens with one attached hydrogen (secondary N) is 3. The molecule has 14 heteroatoms. The second-order valence-electron chi connectivity index (χ2n) is 7.60. The molecule has 0 aromatic carbocycles. The van der Waals surface area contributed by atoms with Gasteiger partial charge in [-0.1, -0.05) is 20.3 Å². The Bertz CT molecular complexity index is 725. The topological polar surface area (TPSA) is 258 Å². The van der Waals surface area contributed by atoms with E-state index in [1.807, 2.05) is 6.92 Å². The maximum atomic E-state index is 12.6. The van der Waals surface area contributed by atoms with Gasteiger partial charge in [0.1, 0.15) is 12.1 Å². The fourth-order valence-corrected chi connectivity index (χ4v) is 2.63. The molecule has 0 radical (unpaired) electrons. The molecule has 0 heterocycles. The van der Waals surface area contributed by atoms with Crippen molar-refractivity contribution in [2.45, 2.75) is 64.1 Å². The summed E-state index contributed by atoms with van der Waals surface area (Å²) in [5, 5.41) is 16.3. The number of amides is 4. The van der Waals surface area contributed by atoms with E-state index in [2.05, 4.69) is 20.9 Å². The zero-order valence-corrected chi connectivity index (χ0v) is 19.0. The fraction of sp³-hybridized carbons (Fsp3) is 0.684. The number of guanidine groups is 1. The highest BCUT2D eigenvalue weighted by Gasteiger charge is 2.27. The second-order valence-corrected chi connectivity index (χ2v) is 7.60. The van der Waals surface area contributed by atoms with Gasteiger partial charge >= 0.3 is 5.97 Å². The Morgan fingerprint density at radius 1 is 0.970 bits per heavy atom. The van der Waals surface area contributed by atoms with Crippen LogP contribution in [0.2, 0.25) is 0 Å². The summed E-state index contributed by atoms with van der Waals surface area (Å²) in [7, 11) is 0. The number of hydrogen-bond acceptors (Lipinski definition) is 7. The summed E-state index contributed by atoms with van der Waals surface area (Å²) in [5.41, 5.74) is 21.4. The molecular formula is C19H36N8O6. The third-order valence-electron chi connectivity index (χ3n) is 4.87. The minimum Gasteiger partial charge on any atom is -0.480 e. The summed E-state index contributed by atoms with van der Waals surface area (Å²) in [5.74, 6) is -4.26. The molecule has 0 aliphatic rings. The number of carboxylic acids is 1. The van der Waals surface area contributed by atoms with E-state index < -0.39 is 54.3 Å². The number of carbonyl (C=O) groups is 5. The molecule has 14 nitrogen and oxygen atoms in total. The molecule has 12 N–H and O–H groups in total. The third-order valence-corrected chi connectivity index (χ3v) is 4.87. The average molecular weight is 473 g/mol. The second kappa shape index (κ2) is 15.4. The highest BCUT2D eigenvalue weighted by Crippen LogP contribution is 2.07.